The van der Waals surface area contributed by atoms with Crippen LogP contribution in [0.4, 0.5) is 0 Å². The molecule has 4 heterocycles. The van der Waals surface area contributed by atoms with Crippen LogP contribution in [-0.2, 0) is 29.0 Å². The standard InChI is InChI=1S/C24H23N3O4S/c1-4-30-23(29)17-15-12-31-24(2,3)10-16(15)26-21-18(17)19-20(32-21)22(28)27(13-25-19)11-14-8-6-5-7-9-14/h5-9,13H,4,10-12H2,1-3H3. The Morgan fingerprint density at radius 2 is 2.06 bits per heavy atom. The zero-order valence-electron chi connectivity index (χ0n) is 18.2. The van der Waals surface area contributed by atoms with Crippen LogP contribution in [0, 0.1) is 0 Å². The fourth-order valence-corrected chi connectivity index (χ4v) is 5.23. The largest absolute Gasteiger partial charge is 0.462 e. The molecule has 0 saturated heterocycles. The number of rotatable bonds is 4. The van der Waals surface area contributed by atoms with Gasteiger partial charge in [0.1, 0.15) is 9.53 Å². The van der Waals surface area contributed by atoms with Gasteiger partial charge >= 0.3 is 5.97 Å². The molecule has 0 N–H and O–H groups in total. The average Bonchev–Trinajstić information content (AvgIpc) is 3.13. The van der Waals surface area contributed by atoms with Crippen molar-refractivity contribution < 1.29 is 14.3 Å². The molecule has 0 bridgehead atoms. The number of carbonyl (C=O) groups excluding carboxylic acids is 1. The molecule has 1 aromatic carbocycles. The van der Waals surface area contributed by atoms with E-state index in [1.165, 1.54) is 17.7 Å². The third-order valence-corrected chi connectivity index (χ3v) is 6.72. The predicted molar refractivity (Wildman–Crippen MR) is 123 cm³/mol. The van der Waals surface area contributed by atoms with E-state index in [9.17, 15) is 9.59 Å². The van der Waals surface area contributed by atoms with Crippen molar-refractivity contribution >= 4 is 37.7 Å². The second-order valence-electron chi connectivity index (χ2n) is 8.48. The first-order chi connectivity index (χ1) is 15.4. The third kappa shape index (κ3) is 3.49. The van der Waals surface area contributed by atoms with Gasteiger partial charge in [-0.25, -0.2) is 14.8 Å². The molecule has 1 aliphatic heterocycles. The molecule has 0 spiro atoms. The fourth-order valence-electron chi connectivity index (χ4n) is 4.12. The Labute approximate surface area is 188 Å². The van der Waals surface area contributed by atoms with Gasteiger partial charge in [-0.15, -0.1) is 11.3 Å². The minimum atomic E-state index is -0.436. The summed E-state index contributed by atoms with van der Waals surface area (Å²) in [6, 6.07) is 9.76. The van der Waals surface area contributed by atoms with E-state index in [2.05, 4.69) is 4.98 Å². The van der Waals surface area contributed by atoms with Crippen molar-refractivity contribution in [2.75, 3.05) is 6.61 Å². The summed E-state index contributed by atoms with van der Waals surface area (Å²) in [5.74, 6) is -0.436. The van der Waals surface area contributed by atoms with Crippen LogP contribution in [0.5, 0.6) is 0 Å². The lowest BCUT2D eigenvalue weighted by Crippen LogP contribution is -2.33. The molecule has 0 fully saturated rings. The Bertz CT molecular complexity index is 1410. The molecule has 3 aromatic heterocycles. The van der Waals surface area contributed by atoms with E-state index in [4.69, 9.17) is 14.5 Å². The van der Waals surface area contributed by atoms with Crippen molar-refractivity contribution in [3.63, 3.8) is 0 Å². The van der Waals surface area contributed by atoms with Gasteiger partial charge in [-0.3, -0.25) is 9.36 Å². The fraction of sp³-hybridized carbons (Fsp3) is 0.333. The van der Waals surface area contributed by atoms with Crippen molar-refractivity contribution in [3.05, 3.63) is 69.4 Å². The molecule has 7 nitrogen and oxygen atoms in total. The van der Waals surface area contributed by atoms with Crippen LogP contribution in [0.25, 0.3) is 20.4 Å². The quantitative estimate of drug-likeness (QED) is 0.437. The van der Waals surface area contributed by atoms with Gasteiger partial charge in [0.25, 0.3) is 5.56 Å². The Balaban J connectivity index is 1.74. The van der Waals surface area contributed by atoms with Crippen LogP contribution in [0.1, 0.15) is 48.0 Å². The molecule has 32 heavy (non-hydrogen) atoms. The summed E-state index contributed by atoms with van der Waals surface area (Å²) < 4.78 is 13.4. The number of esters is 1. The SMILES string of the molecule is CCOC(=O)c1c2c(nc3sc4c(=O)n(Cc5ccccc5)cnc4c13)CC(C)(C)OC2. The Morgan fingerprint density at radius 1 is 1.28 bits per heavy atom. The number of aromatic nitrogens is 3. The number of pyridine rings is 1. The summed E-state index contributed by atoms with van der Waals surface area (Å²) >= 11 is 1.28. The van der Waals surface area contributed by atoms with E-state index < -0.39 is 5.97 Å². The minimum absolute atomic E-state index is 0.147. The monoisotopic (exact) mass is 449 g/mol. The van der Waals surface area contributed by atoms with Gasteiger partial charge in [0.2, 0.25) is 0 Å². The molecule has 164 valence electrons. The molecule has 4 aromatic rings. The van der Waals surface area contributed by atoms with Gasteiger partial charge in [-0.1, -0.05) is 30.3 Å². The molecule has 8 heteroatoms. The summed E-state index contributed by atoms with van der Waals surface area (Å²) in [5.41, 5.74) is 2.93. The first kappa shape index (κ1) is 20.8. The smallest absolute Gasteiger partial charge is 0.339 e. The normalized spacial score (nSPS) is 15.1. The lowest BCUT2D eigenvalue weighted by atomic mass is 9.92. The minimum Gasteiger partial charge on any atom is -0.462 e. The molecule has 0 saturated carbocycles. The van der Waals surface area contributed by atoms with Crippen molar-refractivity contribution in [1.29, 1.82) is 0 Å². The van der Waals surface area contributed by atoms with E-state index in [1.807, 2.05) is 44.2 Å². The molecule has 0 radical (unpaired) electrons. The summed E-state index contributed by atoms with van der Waals surface area (Å²) in [4.78, 5) is 36.4. The van der Waals surface area contributed by atoms with Crippen LogP contribution in [0.3, 0.4) is 0 Å². The zero-order chi connectivity index (χ0) is 22.5. The number of thiophene rings is 1. The molecular formula is C24H23N3O4S. The highest BCUT2D eigenvalue weighted by Gasteiger charge is 2.33. The third-order valence-electron chi connectivity index (χ3n) is 5.66. The molecule has 1 aliphatic rings. The van der Waals surface area contributed by atoms with Gasteiger partial charge in [0.05, 0.1) is 53.8 Å². The zero-order valence-corrected chi connectivity index (χ0v) is 19.0. The predicted octanol–water partition coefficient (Wildman–Crippen LogP) is 4.08. The summed E-state index contributed by atoms with van der Waals surface area (Å²) in [6.07, 6.45) is 2.11. The highest BCUT2D eigenvalue weighted by Crippen LogP contribution is 2.38. The number of hydrogen-bond acceptors (Lipinski definition) is 7. The van der Waals surface area contributed by atoms with Crippen LogP contribution in [0.2, 0.25) is 0 Å². The van der Waals surface area contributed by atoms with E-state index in [0.29, 0.717) is 39.0 Å². The van der Waals surface area contributed by atoms with Crippen molar-refractivity contribution in [3.8, 4) is 0 Å². The van der Waals surface area contributed by atoms with E-state index in [0.717, 1.165) is 16.8 Å². The molecule has 0 atom stereocenters. The Hall–Kier alpha value is -3.10. The topological polar surface area (TPSA) is 83.3 Å². The van der Waals surface area contributed by atoms with Gasteiger partial charge in [-0.05, 0) is 26.3 Å². The molecular weight excluding hydrogens is 426 g/mol. The number of hydrogen-bond donors (Lipinski definition) is 0. The van der Waals surface area contributed by atoms with Crippen LogP contribution in [-0.4, -0.2) is 32.7 Å². The average molecular weight is 450 g/mol. The van der Waals surface area contributed by atoms with Crippen LogP contribution >= 0.6 is 11.3 Å². The van der Waals surface area contributed by atoms with Crippen molar-refractivity contribution in [1.82, 2.24) is 14.5 Å². The number of benzene rings is 1. The molecule has 0 aliphatic carbocycles. The summed E-state index contributed by atoms with van der Waals surface area (Å²) in [7, 11) is 0. The van der Waals surface area contributed by atoms with Crippen LogP contribution in [0.15, 0.2) is 41.5 Å². The first-order valence-corrected chi connectivity index (χ1v) is 11.4. The first-order valence-electron chi connectivity index (χ1n) is 10.6. The highest BCUT2D eigenvalue weighted by atomic mass is 32.1. The number of fused-ring (bicyclic) bond motifs is 4. The Kier molecular flexibility index (Phi) is 5.06. The van der Waals surface area contributed by atoms with Gasteiger partial charge in [0.15, 0.2) is 0 Å². The molecule has 0 amide bonds. The number of carbonyl (C=O) groups is 1. The van der Waals surface area contributed by atoms with Crippen molar-refractivity contribution in [2.24, 2.45) is 0 Å². The molecule has 5 rings (SSSR count). The summed E-state index contributed by atoms with van der Waals surface area (Å²) in [5, 5.41) is 0.578. The Morgan fingerprint density at radius 3 is 2.81 bits per heavy atom. The lowest BCUT2D eigenvalue weighted by Gasteiger charge is -2.32. The maximum atomic E-state index is 13.3. The van der Waals surface area contributed by atoms with E-state index in [-0.39, 0.29) is 24.4 Å². The second kappa shape index (κ2) is 7.79. The second-order valence-corrected chi connectivity index (χ2v) is 9.48. The number of ether oxygens (including phenoxy) is 2. The maximum Gasteiger partial charge on any atom is 0.339 e. The van der Waals surface area contributed by atoms with E-state index in [1.54, 1.807) is 11.5 Å². The van der Waals surface area contributed by atoms with Crippen molar-refractivity contribution in [2.45, 2.75) is 45.9 Å². The van der Waals surface area contributed by atoms with E-state index >= 15 is 0 Å². The van der Waals surface area contributed by atoms with Crippen LogP contribution < -0.4 is 5.56 Å². The summed E-state index contributed by atoms with van der Waals surface area (Å²) in [6.45, 7) is 6.72. The number of nitrogens with zero attached hydrogens (tertiary/aromatic N) is 3. The van der Waals surface area contributed by atoms with Gasteiger partial charge in [0, 0.05) is 12.0 Å². The lowest BCUT2D eigenvalue weighted by molar-refractivity contribution is -0.0416. The van der Waals surface area contributed by atoms with Gasteiger partial charge < -0.3 is 9.47 Å². The molecule has 0 unspecified atom stereocenters. The van der Waals surface area contributed by atoms with Gasteiger partial charge in [-0.2, -0.15) is 0 Å². The highest BCUT2D eigenvalue weighted by molar-refractivity contribution is 7.25. The maximum absolute atomic E-state index is 13.3.